The van der Waals surface area contributed by atoms with E-state index in [2.05, 4.69) is 20.2 Å². The number of nitrogens with zero attached hydrogens (tertiary/aromatic N) is 7. The minimum Gasteiger partial charge on any atom is -0.493 e. The van der Waals surface area contributed by atoms with Crippen molar-refractivity contribution in [3.63, 3.8) is 0 Å². The molecule has 9 rings (SSSR count). The number of hydrogen-bond acceptors (Lipinski definition) is 10. The maximum atomic E-state index is 15.8. The van der Waals surface area contributed by atoms with Crippen LogP contribution in [0.25, 0.3) is 44.3 Å². The third-order valence-electron chi connectivity index (χ3n) is 11.6. The highest BCUT2D eigenvalue weighted by atomic mass is 19.1. The number of aromatic nitrogens is 4. The average molecular weight is 825 g/mol. The van der Waals surface area contributed by atoms with Gasteiger partial charge in [-0.05, 0) is 92.9 Å². The van der Waals surface area contributed by atoms with Gasteiger partial charge in [0.2, 0.25) is 11.9 Å². The maximum Gasteiger partial charge on any atom is 0.246 e. The number of hydrazine groups is 1. The number of anilines is 2. The van der Waals surface area contributed by atoms with Gasteiger partial charge >= 0.3 is 0 Å². The van der Waals surface area contributed by atoms with Crippen LogP contribution in [-0.4, -0.2) is 83.5 Å². The fraction of sp³-hybridized carbons (Fsp3) is 0.292. The van der Waals surface area contributed by atoms with Crippen molar-refractivity contribution < 1.29 is 22.6 Å². The van der Waals surface area contributed by atoms with E-state index in [0.29, 0.717) is 63.5 Å². The molecule has 2 aliphatic heterocycles. The SMILES string of the molecule is COc1ccc(CN2CCC(N(c3nc(-c4ccccc4F)c4ccccc4n3)N(c3nc(-c4ccccc4F)c4ccccc4n3)C3CCNCC3)CC2)cc1OCCF. The highest BCUT2D eigenvalue weighted by Crippen LogP contribution is 2.38. The number of piperidine rings is 2. The number of fused-ring (bicyclic) bond motifs is 2. The topological polar surface area (TPSA) is 91.8 Å². The van der Waals surface area contributed by atoms with E-state index in [0.717, 1.165) is 68.2 Å². The molecular formula is C48H47F3N8O2. The molecule has 0 bridgehead atoms. The third-order valence-corrected chi connectivity index (χ3v) is 11.6. The lowest BCUT2D eigenvalue weighted by atomic mass is 10.0. The quantitative estimate of drug-likeness (QED) is 0.114. The summed E-state index contributed by atoms with van der Waals surface area (Å²) in [5.41, 5.74) is 4.13. The number of halogens is 3. The monoisotopic (exact) mass is 824 g/mol. The standard InChI is InChI=1S/C48H47F3N8O2/c1-60-43-19-18-32(30-44(43)61-29-24-49)31-57-27-22-34(23-28-57)59(48-54-42-17-9-5-13-38(42)46(56-48)36-11-3-7-15-40(36)51)58(33-20-25-52-26-21-33)47-53-41-16-8-4-12-37(41)45(55-47)35-10-2-6-14-39(35)50/h2-19,30,33-34,52H,20-29,31H2,1H3. The van der Waals surface area contributed by atoms with Gasteiger partial charge in [0.25, 0.3) is 0 Å². The molecule has 2 aliphatic rings. The predicted molar refractivity (Wildman–Crippen MR) is 233 cm³/mol. The average Bonchev–Trinajstić information content (AvgIpc) is 3.30. The normalized spacial score (nSPS) is 15.3. The molecule has 0 radical (unpaired) electrons. The van der Waals surface area contributed by atoms with Crippen molar-refractivity contribution in [2.75, 3.05) is 56.6 Å². The molecule has 13 heteroatoms. The summed E-state index contributed by atoms with van der Waals surface area (Å²) in [4.78, 5) is 23.4. The molecule has 312 valence electrons. The molecule has 0 spiro atoms. The highest BCUT2D eigenvalue weighted by molar-refractivity contribution is 5.94. The van der Waals surface area contributed by atoms with Crippen molar-refractivity contribution in [1.29, 1.82) is 0 Å². The number of rotatable bonds is 13. The Labute approximate surface area is 353 Å². The lowest BCUT2D eigenvalue weighted by Gasteiger charge is -2.47. The van der Waals surface area contributed by atoms with Crippen molar-refractivity contribution in [2.24, 2.45) is 0 Å². The molecule has 0 aliphatic carbocycles. The van der Waals surface area contributed by atoms with Crippen molar-refractivity contribution in [3.05, 3.63) is 132 Å². The summed E-state index contributed by atoms with van der Waals surface area (Å²) in [6, 6.07) is 34.4. The molecule has 2 fully saturated rings. The van der Waals surface area contributed by atoms with E-state index >= 15 is 8.78 Å². The summed E-state index contributed by atoms with van der Waals surface area (Å²) in [5, 5.41) is 9.31. The first kappa shape index (κ1) is 40.1. The largest absolute Gasteiger partial charge is 0.493 e. The molecule has 0 amide bonds. The van der Waals surface area contributed by atoms with Crippen LogP contribution in [0.5, 0.6) is 11.5 Å². The zero-order valence-electron chi connectivity index (χ0n) is 34.0. The van der Waals surface area contributed by atoms with Gasteiger partial charge in [-0.15, -0.1) is 0 Å². The summed E-state index contributed by atoms with van der Waals surface area (Å²) >= 11 is 0. The Hall–Kier alpha value is -6.31. The number of hydrogen-bond donors (Lipinski definition) is 1. The first-order valence-corrected chi connectivity index (χ1v) is 20.9. The molecule has 1 N–H and O–H groups in total. The minimum absolute atomic E-state index is 0.0488. The third kappa shape index (κ3) is 8.40. The van der Waals surface area contributed by atoms with Crippen molar-refractivity contribution in [1.82, 2.24) is 30.2 Å². The Morgan fingerprint density at radius 1 is 0.639 bits per heavy atom. The van der Waals surface area contributed by atoms with Crippen LogP contribution in [0.2, 0.25) is 0 Å². The number of nitrogens with one attached hydrogen (secondary N) is 1. The van der Waals surface area contributed by atoms with Gasteiger partial charge in [0.05, 0.1) is 41.6 Å². The fourth-order valence-electron chi connectivity index (χ4n) is 8.63. The van der Waals surface area contributed by atoms with Crippen LogP contribution in [-0.2, 0) is 6.54 Å². The molecule has 5 aromatic carbocycles. The summed E-state index contributed by atoms with van der Waals surface area (Å²) in [6.07, 6.45) is 3.00. The van der Waals surface area contributed by atoms with Crippen LogP contribution in [0, 0.1) is 11.6 Å². The van der Waals surface area contributed by atoms with Gasteiger partial charge in [0.1, 0.15) is 24.9 Å². The van der Waals surface area contributed by atoms with Crippen LogP contribution >= 0.6 is 0 Å². The molecule has 61 heavy (non-hydrogen) atoms. The van der Waals surface area contributed by atoms with Gasteiger partial charge in [-0.25, -0.2) is 43.1 Å². The molecule has 2 aromatic heterocycles. The molecule has 0 saturated carbocycles. The first-order chi connectivity index (χ1) is 30.0. The molecule has 2 saturated heterocycles. The van der Waals surface area contributed by atoms with Crippen LogP contribution in [0.1, 0.15) is 31.2 Å². The number of para-hydroxylation sites is 2. The van der Waals surface area contributed by atoms with Crippen LogP contribution in [0.15, 0.2) is 115 Å². The van der Waals surface area contributed by atoms with Crippen LogP contribution in [0.3, 0.4) is 0 Å². The van der Waals surface area contributed by atoms with Gasteiger partial charge < -0.3 is 14.8 Å². The molecule has 4 heterocycles. The predicted octanol–water partition coefficient (Wildman–Crippen LogP) is 9.19. The zero-order valence-corrected chi connectivity index (χ0v) is 34.0. The first-order valence-electron chi connectivity index (χ1n) is 20.9. The van der Waals surface area contributed by atoms with Crippen molar-refractivity contribution in [3.8, 4) is 34.0 Å². The second-order valence-corrected chi connectivity index (χ2v) is 15.4. The van der Waals surface area contributed by atoms with Gasteiger partial charge in [-0.1, -0.05) is 66.7 Å². The fourth-order valence-corrected chi connectivity index (χ4v) is 8.63. The molecule has 0 unspecified atom stereocenters. The van der Waals surface area contributed by atoms with E-state index in [9.17, 15) is 4.39 Å². The Balaban J connectivity index is 1.18. The summed E-state index contributed by atoms with van der Waals surface area (Å²) in [6.45, 7) is 3.04. The lowest BCUT2D eigenvalue weighted by molar-refractivity contribution is 0.196. The lowest BCUT2D eigenvalue weighted by Crippen LogP contribution is -2.59. The van der Waals surface area contributed by atoms with E-state index in [1.54, 1.807) is 31.4 Å². The Kier molecular flexibility index (Phi) is 11.9. The Morgan fingerprint density at radius 2 is 1.16 bits per heavy atom. The van der Waals surface area contributed by atoms with Crippen molar-refractivity contribution in [2.45, 2.75) is 44.3 Å². The van der Waals surface area contributed by atoms with Gasteiger partial charge in [-0.3, -0.25) is 4.90 Å². The maximum absolute atomic E-state index is 15.8. The summed E-state index contributed by atoms with van der Waals surface area (Å²) in [5.74, 6) is 1.14. The summed E-state index contributed by atoms with van der Waals surface area (Å²) < 4.78 is 55.7. The minimum atomic E-state index is -0.594. The van der Waals surface area contributed by atoms with E-state index in [1.165, 1.54) is 12.1 Å². The van der Waals surface area contributed by atoms with Crippen molar-refractivity contribution >= 4 is 33.7 Å². The Morgan fingerprint density at radius 3 is 1.70 bits per heavy atom. The zero-order chi connectivity index (χ0) is 41.7. The highest BCUT2D eigenvalue weighted by Gasteiger charge is 2.38. The molecule has 7 aromatic rings. The molecule has 0 atom stereocenters. The number of ether oxygens (including phenoxy) is 2. The number of alkyl halides is 1. The molecular weight excluding hydrogens is 778 g/mol. The number of benzene rings is 5. The van der Waals surface area contributed by atoms with Gasteiger partial charge in [-0.2, -0.15) is 0 Å². The van der Waals surface area contributed by atoms with Crippen LogP contribution in [0.4, 0.5) is 25.1 Å². The van der Waals surface area contributed by atoms with E-state index in [4.69, 9.17) is 29.4 Å². The second-order valence-electron chi connectivity index (χ2n) is 15.4. The second kappa shape index (κ2) is 18.1. The molecule has 10 nitrogen and oxygen atoms in total. The van der Waals surface area contributed by atoms with E-state index in [1.807, 2.05) is 78.9 Å². The number of methoxy groups -OCH3 is 1. The van der Waals surface area contributed by atoms with Gasteiger partial charge in [0, 0.05) is 41.5 Å². The van der Waals surface area contributed by atoms with Gasteiger partial charge in [0.15, 0.2) is 11.5 Å². The smallest absolute Gasteiger partial charge is 0.246 e. The van der Waals surface area contributed by atoms with E-state index < -0.39 is 6.67 Å². The summed E-state index contributed by atoms with van der Waals surface area (Å²) in [7, 11) is 1.57. The van der Waals surface area contributed by atoms with E-state index in [-0.39, 0.29) is 30.3 Å². The Bertz CT molecular complexity index is 2640. The number of likely N-dealkylation sites (tertiary alicyclic amines) is 1. The van der Waals surface area contributed by atoms with Crippen LogP contribution < -0.4 is 24.8 Å².